The fourth-order valence-electron chi connectivity index (χ4n) is 3.22. The molecule has 2 aliphatic heterocycles. The first-order chi connectivity index (χ1) is 11.6. The largest absolute Gasteiger partial charge is 0.378 e. The van der Waals surface area contributed by atoms with Gasteiger partial charge in [-0.15, -0.1) is 0 Å². The molecular weight excluding hydrogens is 306 g/mol. The molecule has 2 aliphatic rings. The van der Waals surface area contributed by atoms with E-state index in [0.717, 1.165) is 24.2 Å². The van der Waals surface area contributed by atoms with Crippen molar-refractivity contribution in [1.29, 1.82) is 0 Å². The lowest BCUT2D eigenvalue weighted by Gasteiger charge is -2.33. The minimum atomic E-state index is -0.433. The number of hydrogen-bond acceptors (Lipinski definition) is 4. The molecule has 0 aliphatic carbocycles. The van der Waals surface area contributed by atoms with Crippen LogP contribution in [0.15, 0.2) is 24.3 Å². The molecule has 0 bridgehead atoms. The first kappa shape index (κ1) is 16.9. The molecule has 2 fully saturated rings. The minimum Gasteiger partial charge on any atom is -0.378 e. The minimum absolute atomic E-state index is 0.0219. The Morgan fingerprint density at radius 1 is 1.38 bits per heavy atom. The van der Waals surface area contributed by atoms with Crippen LogP contribution < -0.4 is 15.5 Å². The van der Waals surface area contributed by atoms with Gasteiger partial charge in [0.25, 0.3) is 0 Å². The van der Waals surface area contributed by atoms with Crippen molar-refractivity contribution in [3.63, 3.8) is 0 Å². The molecule has 3 rings (SSSR count). The molecule has 2 amide bonds. The van der Waals surface area contributed by atoms with Crippen LogP contribution >= 0.6 is 0 Å². The fraction of sp³-hybridized carbons (Fsp3) is 0.556. The first-order valence-electron chi connectivity index (χ1n) is 8.62. The third kappa shape index (κ3) is 4.13. The van der Waals surface area contributed by atoms with Crippen molar-refractivity contribution in [1.82, 2.24) is 10.6 Å². The number of ether oxygens (including phenoxy) is 1. The number of aryl methyl sites for hydroxylation is 1. The van der Waals surface area contributed by atoms with Crippen LogP contribution in [0, 0.1) is 6.92 Å². The summed E-state index contributed by atoms with van der Waals surface area (Å²) < 4.78 is 5.36. The smallest absolute Gasteiger partial charge is 0.249 e. The van der Waals surface area contributed by atoms with Crippen LogP contribution in [0.25, 0.3) is 0 Å². The molecule has 130 valence electrons. The van der Waals surface area contributed by atoms with E-state index in [1.54, 1.807) is 4.90 Å². The summed E-state index contributed by atoms with van der Waals surface area (Å²) in [6.45, 7) is 4.72. The van der Waals surface area contributed by atoms with Gasteiger partial charge in [-0.2, -0.15) is 0 Å². The molecule has 6 heteroatoms. The topological polar surface area (TPSA) is 70.7 Å². The summed E-state index contributed by atoms with van der Waals surface area (Å²) >= 11 is 0. The third-order valence-corrected chi connectivity index (χ3v) is 4.55. The van der Waals surface area contributed by atoms with Gasteiger partial charge < -0.3 is 20.3 Å². The molecule has 2 heterocycles. The summed E-state index contributed by atoms with van der Waals surface area (Å²) in [5.41, 5.74) is 2.06. The van der Waals surface area contributed by atoms with E-state index in [-0.39, 0.29) is 17.9 Å². The van der Waals surface area contributed by atoms with E-state index in [0.29, 0.717) is 32.6 Å². The van der Waals surface area contributed by atoms with Gasteiger partial charge in [0.1, 0.15) is 6.04 Å². The van der Waals surface area contributed by atoms with E-state index in [1.165, 1.54) is 0 Å². The number of morpholine rings is 1. The van der Waals surface area contributed by atoms with Crippen LogP contribution in [0.2, 0.25) is 0 Å². The Kier molecular flexibility index (Phi) is 5.48. The zero-order chi connectivity index (χ0) is 16.9. The van der Waals surface area contributed by atoms with Crippen LogP contribution in [0.5, 0.6) is 0 Å². The molecule has 2 saturated heterocycles. The lowest BCUT2D eigenvalue weighted by Crippen LogP contribution is -2.53. The van der Waals surface area contributed by atoms with Crippen molar-refractivity contribution >= 4 is 17.5 Å². The van der Waals surface area contributed by atoms with E-state index in [2.05, 4.69) is 10.6 Å². The lowest BCUT2D eigenvalue weighted by atomic mass is 10.0. The Hall–Kier alpha value is -1.92. The SMILES string of the molecule is Cc1ccc(N2CCCC(NC(=O)CC3COCCN3)C2=O)cc1. The van der Waals surface area contributed by atoms with Crippen molar-refractivity contribution in [2.45, 2.75) is 38.3 Å². The molecule has 1 aromatic rings. The predicted octanol–water partition coefficient (Wildman–Crippen LogP) is 0.985. The second-order valence-electron chi connectivity index (χ2n) is 6.52. The monoisotopic (exact) mass is 331 g/mol. The van der Waals surface area contributed by atoms with E-state index in [1.807, 2.05) is 31.2 Å². The van der Waals surface area contributed by atoms with Gasteiger partial charge in [-0.05, 0) is 31.9 Å². The Labute approximate surface area is 142 Å². The van der Waals surface area contributed by atoms with Crippen LogP contribution in [-0.4, -0.2) is 50.2 Å². The Balaban J connectivity index is 1.58. The zero-order valence-electron chi connectivity index (χ0n) is 14.1. The summed E-state index contributed by atoms with van der Waals surface area (Å²) in [6.07, 6.45) is 1.92. The van der Waals surface area contributed by atoms with Crippen molar-refractivity contribution in [3.05, 3.63) is 29.8 Å². The third-order valence-electron chi connectivity index (χ3n) is 4.55. The number of nitrogens with one attached hydrogen (secondary N) is 2. The number of benzene rings is 1. The van der Waals surface area contributed by atoms with Gasteiger partial charge >= 0.3 is 0 Å². The number of anilines is 1. The summed E-state index contributed by atoms with van der Waals surface area (Å²) in [7, 11) is 0. The molecule has 1 aromatic carbocycles. The van der Waals surface area contributed by atoms with E-state index < -0.39 is 6.04 Å². The Morgan fingerprint density at radius 2 is 2.17 bits per heavy atom. The molecule has 0 aromatic heterocycles. The second-order valence-corrected chi connectivity index (χ2v) is 6.52. The van der Waals surface area contributed by atoms with Crippen LogP contribution in [-0.2, 0) is 14.3 Å². The summed E-state index contributed by atoms with van der Waals surface area (Å²) in [4.78, 5) is 26.7. The lowest BCUT2D eigenvalue weighted by molar-refractivity contribution is -0.129. The maximum Gasteiger partial charge on any atom is 0.249 e. The fourth-order valence-corrected chi connectivity index (χ4v) is 3.22. The molecule has 0 radical (unpaired) electrons. The van der Waals surface area contributed by atoms with Gasteiger partial charge in [0.15, 0.2) is 0 Å². The molecule has 2 atom stereocenters. The number of nitrogens with zero attached hydrogens (tertiary/aromatic N) is 1. The van der Waals surface area contributed by atoms with Crippen LogP contribution in [0.1, 0.15) is 24.8 Å². The number of piperidine rings is 1. The molecule has 0 spiro atoms. The maximum atomic E-state index is 12.7. The molecule has 24 heavy (non-hydrogen) atoms. The number of carbonyl (C=O) groups excluding carboxylic acids is 2. The van der Waals surface area contributed by atoms with Gasteiger partial charge in [0.05, 0.1) is 13.2 Å². The second kappa shape index (κ2) is 7.77. The molecule has 6 nitrogen and oxygen atoms in total. The van der Waals surface area contributed by atoms with Crippen molar-refractivity contribution < 1.29 is 14.3 Å². The standard InChI is InChI=1S/C18H25N3O3/c1-13-4-6-15(7-5-13)21-9-2-3-16(18(21)23)20-17(22)11-14-12-24-10-8-19-14/h4-7,14,16,19H,2-3,8-12H2,1H3,(H,20,22). The normalized spacial score (nSPS) is 24.7. The number of amides is 2. The van der Waals surface area contributed by atoms with Gasteiger partial charge in [-0.1, -0.05) is 17.7 Å². The van der Waals surface area contributed by atoms with Gasteiger partial charge in [0.2, 0.25) is 11.8 Å². The van der Waals surface area contributed by atoms with E-state index >= 15 is 0 Å². The van der Waals surface area contributed by atoms with Crippen LogP contribution in [0.3, 0.4) is 0 Å². The van der Waals surface area contributed by atoms with E-state index in [4.69, 9.17) is 4.74 Å². The highest BCUT2D eigenvalue weighted by Gasteiger charge is 2.31. The van der Waals surface area contributed by atoms with E-state index in [9.17, 15) is 9.59 Å². The highest BCUT2D eigenvalue weighted by atomic mass is 16.5. The average Bonchev–Trinajstić information content (AvgIpc) is 2.59. The highest BCUT2D eigenvalue weighted by Crippen LogP contribution is 2.21. The van der Waals surface area contributed by atoms with Crippen molar-refractivity contribution in [2.75, 3.05) is 31.2 Å². The molecule has 0 saturated carbocycles. The Bertz CT molecular complexity index is 582. The van der Waals surface area contributed by atoms with Gasteiger partial charge in [0, 0.05) is 31.2 Å². The number of hydrogen-bond donors (Lipinski definition) is 2. The number of rotatable bonds is 4. The first-order valence-corrected chi connectivity index (χ1v) is 8.62. The van der Waals surface area contributed by atoms with Gasteiger partial charge in [-0.25, -0.2) is 0 Å². The predicted molar refractivity (Wildman–Crippen MR) is 91.9 cm³/mol. The molecule has 2 unspecified atom stereocenters. The van der Waals surface area contributed by atoms with Crippen LogP contribution in [0.4, 0.5) is 5.69 Å². The summed E-state index contributed by atoms with van der Waals surface area (Å²) in [6, 6.07) is 7.52. The molecular formula is C18H25N3O3. The summed E-state index contributed by atoms with van der Waals surface area (Å²) in [5.74, 6) is -0.117. The van der Waals surface area contributed by atoms with Crippen molar-refractivity contribution in [3.8, 4) is 0 Å². The average molecular weight is 331 g/mol. The highest BCUT2D eigenvalue weighted by molar-refractivity contribution is 5.99. The summed E-state index contributed by atoms with van der Waals surface area (Å²) in [5, 5.41) is 6.16. The zero-order valence-corrected chi connectivity index (χ0v) is 14.1. The quantitative estimate of drug-likeness (QED) is 0.863. The van der Waals surface area contributed by atoms with Gasteiger partial charge in [-0.3, -0.25) is 9.59 Å². The maximum absolute atomic E-state index is 12.7. The van der Waals surface area contributed by atoms with Crippen molar-refractivity contribution in [2.24, 2.45) is 0 Å². The molecule has 2 N–H and O–H groups in total. The Morgan fingerprint density at radius 3 is 2.88 bits per heavy atom. The number of carbonyl (C=O) groups is 2.